The first-order valence-electron chi connectivity index (χ1n) is 28.2. The quantitative estimate of drug-likeness (QED) is 0.0228. The van der Waals surface area contributed by atoms with Crippen molar-refractivity contribution in [3.8, 4) is 0 Å². The van der Waals surface area contributed by atoms with Gasteiger partial charge in [-0.2, -0.15) is 0 Å². The summed E-state index contributed by atoms with van der Waals surface area (Å²) < 4.78 is 28.3. The summed E-state index contributed by atoms with van der Waals surface area (Å²) in [5.41, 5.74) is 0. The maximum Gasteiger partial charge on any atom is 0.335 e. The number of hydrogen-bond acceptors (Lipinski definition) is 11. The molecule has 6 unspecified atom stereocenters. The highest BCUT2D eigenvalue weighted by Crippen LogP contribution is 2.26. The van der Waals surface area contributed by atoms with Crippen LogP contribution >= 0.6 is 0 Å². The van der Waals surface area contributed by atoms with E-state index in [9.17, 15) is 34.5 Å². The topological polar surface area (TPSA) is 175 Å². The molecule has 0 aromatic carbocycles. The highest BCUT2D eigenvalue weighted by molar-refractivity contribution is 5.74. The second kappa shape index (κ2) is 49.7. The number of allylic oxidation sites excluding steroid dienone is 22. The lowest BCUT2D eigenvalue weighted by Gasteiger charge is -2.40. The zero-order chi connectivity index (χ0) is 54.7. The van der Waals surface area contributed by atoms with Gasteiger partial charge in [-0.1, -0.05) is 174 Å². The van der Waals surface area contributed by atoms with Crippen LogP contribution in [0.1, 0.15) is 188 Å². The monoisotopic (exact) mass is 1040 g/mol. The summed E-state index contributed by atoms with van der Waals surface area (Å²) >= 11 is 0. The Hall–Kier alpha value is -5.14. The number of esters is 3. The average molecular weight is 1050 g/mol. The van der Waals surface area contributed by atoms with Crippen LogP contribution in [-0.4, -0.2) is 89.2 Å². The first kappa shape index (κ1) is 67.9. The largest absolute Gasteiger partial charge is 0.479 e. The molecule has 0 bridgehead atoms. The fourth-order valence-electron chi connectivity index (χ4n) is 7.48. The van der Waals surface area contributed by atoms with E-state index < -0.39 is 67.3 Å². The molecule has 0 aromatic heterocycles. The van der Waals surface area contributed by atoms with Gasteiger partial charge >= 0.3 is 23.9 Å². The zero-order valence-electron chi connectivity index (χ0n) is 46.0. The van der Waals surface area contributed by atoms with Crippen molar-refractivity contribution in [2.24, 2.45) is 0 Å². The summed E-state index contributed by atoms with van der Waals surface area (Å²) in [4.78, 5) is 51.0. The van der Waals surface area contributed by atoms with E-state index in [-0.39, 0.29) is 25.9 Å². The molecule has 12 heteroatoms. The summed E-state index contributed by atoms with van der Waals surface area (Å²) in [6, 6.07) is 0. The second-order valence-electron chi connectivity index (χ2n) is 18.4. The van der Waals surface area contributed by atoms with Crippen molar-refractivity contribution in [3.05, 3.63) is 134 Å². The normalized spacial score (nSPS) is 19.2. The van der Waals surface area contributed by atoms with E-state index in [4.69, 9.17) is 23.7 Å². The first-order valence-corrected chi connectivity index (χ1v) is 28.2. The van der Waals surface area contributed by atoms with Gasteiger partial charge in [0.1, 0.15) is 18.8 Å². The molecule has 0 aromatic rings. The number of unbranched alkanes of at least 4 members (excludes halogenated alkanes) is 9. The number of carbonyl (C=O) groups is 4. The Bertz CT molecular complexity index is 1810. The Morgan fingerprint density at radius 3 is 1.24 bits per heavy atom. The third kappa shape index (κ3) is 39.9. The number of aliphatic hydroxyl groups excluding tert-OH is 2. The molecule has 420 valence electrons. The fourth-order valence-corrected chi connectivity index (χ4v) is 7.48. The number of aliphatic carboxylic acids is 1. The van der Waals surface area contributed by atoms with Crippen molar-refractivity contribution >= 4 is 23.9 Å². The van der Waals surface area contributed by atoms with Crippen molar-refractivity contribution in [1.82, 2.24) is 0 Å². The molecule has 1 aliphatic rings. The van der Waals surface area contributed by atoms with Crippen molar-refractivity contribution in [2.75, 3.05) is 13.2 Å². The number of carboxylic acid groups (broad SMARTS) is 1. The number of carboxylic acids is 1. The predicted molar refractivity (Wildman–Crippen MR) is 303 cm³/mol. The molecular formula is C63H96O12. The van der Waals surface area contributed by atoms with Gasteiger partial charge in [-0.05, 0) is 128 Å². The molecule has 1 heterocycles. The van der Waals surface area contributed by atoms with Crippen LogP contribution in [0.3, 0.4) is 0 Å². The summed E-state index contributed by atoms with van der Waals surface area (Å²) in [5.74, 6) is -3.28. The van der Waals surface area contributed by atoms with Gasteiger partial charge in [0, 0.05) is 19.3 Å². The number of carbonyl (C=O) groups excluding carboxylic acids is 3. The molecule has 12 nitrogen and oxygen atoms in total. The van der Waals surface area contributed by atoms with E-state index in [0.29, 0.717) is 19.3 Å². The molecule has 75 heavy (non-hydrogen) atoms. The molecule has 0 amide bonds. The molecule has 1 aliphatic heterocycles. The van der Waals surface area contributed by atoms with Gasteiger partial charge in [-0.15, -0.1) is 0 Å². The molecule has 1 rings (SSSR count). The molecule has 0 saturated carbocycles. The van der Waals surface area contributed by atoms with E-state index in [1.54, 1.807) is 0 Å². The van der Waals surface area contributed by atoms with E-state index in [1.807, 2.05) is 0 Å². The van der Waals surface area contributed by atoms with Gasteiger partial charge < -0.3 is 39.0 Å². The van der Waals surface area contributed by atoms with Gasteiger partial charge in [-0.3, -0.25) is 14.4 Å². The predicted octanol–water partition coefficient (Wildman–Crippen LogP) is 14.2. The zero-order valence-corrected chi connectivity index (χ0v) is 46.0. The number of hydrogen-bond donors (Lipinski definition) is 3. The average Bonchev–Trinajstić information content (AvgIpc) is 3.39. The molecule has 0 aliphatic carbocycles. The standard InChI is InChI=1S/C63H96O12/c1-4-7-10-13-16-19-22-25-28-31-34-37-40-43-46-49-55(64)71-52-54(73-56(65)50-47-44-41-38-35-32-29-26-23-20-17-14-11-8-5-2)53-72-63-61(59(68)58(67)60(75-63)62(69)70)74-57(66)51-48-45-42-39-36-33-30-27-24-21-18-15-12-9-6-3/h7-12,16-21,25-30,34-35,37-38,54,58-61,63,67-68H,4-6,13-15,22-24,31-33,36,39-53H2,1-3H3,(H,69,70)/b10-7-,11-8-,12-9-,19-16-,20-17-,21-18-,28-25-,29-26-,30-27-,37-34-,38-35-. The molecule has 1 fully saturated rings. The van der Waals surface area contributed by atoms with E-state index in [2.05, 4.69) is 154 Å². The van der Waals surface area contributed by atoms with Gasteiger partial charge in [0.2, 0.25) is 0 Å². The number of rotatable bonds is 45. The highest BCUT2D eigenvalue weighted by atomic mass is 16.7. The molecule has 6 atom stereocenters. The van der Waals surface area contributed by atoms with E-state index in [1.165, 1.54) is 0 Å². The van der Waals surface area contributed by atoms with Crippen molar-refractivity contribution in [3.63, 3.8) is 0 Å². The van der Waals surface area contributed by atoms with Crippen LogP contribution in [-0.2, 0) is 42.9 Å². The van der Waals surface area contributed by atoms with Crippen LogP contribution in [0.4, 0.5) is 0 Å². The Balaban J connectivity index is 2.79. The molecule has 3 N–H and O–H groups in total. The van der Waals surface area contributed by atoms with Gasteiger partial charge in [0.15, 0.2) is 24.6 Å². The van der Waals surface area contributed by atoms with Gasteiger partial charge in [0.05, 0.1) is 6.61 Å². The molecular weight excluding hydrogens is 949 g/mol. The fraction of sp³-hybridized carbons (Fsp3) is 0.587. The summed E-state index contributed by atoms with van der Waals surface area (Å²) in [6.45, 7) is 5.54. The van der Waals surface area contributed by atoms with Crippen LogP contribution in [0.5, 0.6) is 0 Å². The summed E-state index contributed by atoms with van der Waals surface area (Å²) in [6.07, 6.45) is 57.2. The molecule has 0 radical (unpaired) electrons. The van der Waals surface area contributed by atoms with Crippen molar-refractivity contribution in [1.29, 1.82) is 0 Å². The SMILES string of the molecule is CC/C=C\C/C=C\C/C=C\C/C=C\CCCCC(=O)OCC(COC1OC(C(=O)O)C(O)C(O)C1OC(=O)CCCCCCC/C=C\C/C=C\C/C=C\CC)OC(=O)CCCC/C=C\C/C=C\C/C=C\C/C=C\CC. The minimum Gasteiger partial charge on any atom is -0.479 e. The lowest BCUT2D eigenvalue weighted by molar-refractivity contribution is -0.301. The lowest BCUT2D eigenvalue weighted by atomic mass is 9.98. The Morgan fingerprint density at radius 1 is 0.440 bits per heavy atom. The number of aliphatic hydroxyl groups is 2. The minimum absolute atomic E-state index is 0.0238. The maximum atomic E-state index is 13.1. The summed E-state index contributed by atoms with van der Waals surface area (Å²) in [5, 5.41) is 31.4. The van der Waals surface area contributed by atoms with Crippen LogP contribution in [0.25, 0.3) is 0 Å². The molecule has 1 saturated heterocycles. The Labute approximate surface area is 451 Å². The van der Waals surface area contributed by atoms with Crippen molar-refractivity contribution in [2.45, 2.75) is 225 Å². The van der Waals surface area contributed by atoms with Gasteiger partial charge in [-0.25, -0.2) is 4.79 Å². The van der Waals surface area contributed by atoms with Crippen LogP contribution < -0.4 is 0 Å². The Kier molecular flexibility index (Phi) is 45.0. The minimum atomic E-state index is -1.93. The van der Waals surface area contributed by atoms with Crippen molar-refractivity contribution < 1.29 is 58.2 Å². The van der Waals surface area contributed by atoms with E-state index >= 15 is 0 Å². The summed E-state index contributed by atoms with van der Waals surface area (Å²) in [7, 11) is 0. The molecule has 0 spiro atoms. The second-order valence-corrected chi connectivity index (χ2v) is 18.4. The highest BCUT2D eigenvalue weighted by Gasteiger charge is 2.50. The number of ether oxygens (including phenoxy) is 5. The maximum absolute atomic E-state index is 13.1. The smallest absolute Gasteiger partial charge is 0.335 e. The van der Waals surface area contributed by atoms with Crippen LogP contribution in [0, 0.1) is 0 Å². The van der Waals surface area contributed by atoms with Crippen LogP contribution in [0.2, 0.25) is 0 Å². The third-order valence-corrected chi connectivity index (χ3v) is 11.7. The first-order chi connectivity index (χ1) is 36.6. The van der Waals surface area contributed by atoms with Crippen LogP contribution in [0.15, 0.2) is 134 Å². The lowest BCUT2D eigenvalue weighted by Crippen LogP contribution is -2.61. The Morgan fingerprint density at radius 2 is 0.800 bits per heavy atom. The van der Waals surface area contributed by atoms with E-state index in [0.717, 1.165) is 128 Å². The van der Waals surface area contributed by atoms with Gasteiger partial charge in [0.25, 0.3) is 0 Å². The third-order valence-electron chi connectivity index (χ3n) is 11.7.